The number of hydrogen-bond acceptors (Lipinski definition) is 5. The van der Waals surface area contributed by atoms with Crippen LogP contribution in [0.2, 0.25) is 0 Å². The zero-order valence-electron chi connectivity index (χ0n) is 17.9. The first-order valence-corrected chi connectivity index (χ1v) is 11.3. The van der Waals surface area contributed by atoms with Gasteiger partial charge in [0.15, 0.2) is 10.9 Å². The van der Waals surface area contributed by atoms with Crippen LogP contribution in [0.3, 0.4) is 0 Å². The molecule has 0 radical (unpaired) electrons. The van der Waals surface area contributed by atoms with E-state index in [9.17, 15) is 4.79 Å². The van der Waals surface area contributed by atoms with E-state index in [0.717, 1.165) is 44.7 Å². The molecule has 0 fully saturated rings. The number of aryl methyl sites for hydroxylation is 2. The van der Waals surface area contributed by atoms with Crippen LogP contribution in [0.1, 0.15) is 27.2 Å². The lowest BCUT2D eigenvalue weighted by Crippen LogP contribution is -2.05. The summed E-state index contributed by atoms with van der Waals surface area (Å²) in [4.78, 5) is 22.2. The van der Waals surface area contributed by atoms with Crippen LogP contribution in [-0.4, -0.2) is 20.2 Å². The van der Waals surface area contributed by atoms with Gasteiger partial charge in [-0.05, 0) is 49.2 Å². The molecule has 0 saturated heterocycles. The quantitative estimate of drug-likeness (QED) is 0.319. The number of ketones is 1. The fourth-order valence-electron chi connectivity index (χ4n) is 3.84. The summed E-state index contributed by atoms with van der Waals surface area (Å²) in [5.74, 6) is 0.101. The van der Waals surface area contributed by atoms with Gasteiger partial charge in [0.25, 0.3) is 0 Å². The van der Waals surface area contributed by atoms with Gasteiger partial charge in [-0.3, -0.25) is 9.20 Å². The maximum atomic E-state index is 12.8. The number of Topliss-reactive ketones (excluding diaryl/α,β-unsaturated/α-hetero) is 1. The molecule has 6 heteroatoms. The van der Waals surface area contributed by atoms with Gasteiger partial charge in [0.1, 0.15) is 11.3 Å². The molecule has 5 aromatic rings. The van der Waals surface area contributed by atoms with Gasteiger partial charge in [-0.2, -0.15) is 0 Å². The fourth-order valence-corrected chi connectivity index (χ4v) is 4.55. The number of pyridine rings is 1. The first-order valence-electron chi connectivity index (χ1n) is 10.4. The molecule has 5 rings (SSSR count). The zero-order chi connectivity index (χ0) is 22.1. The second-order valence-electron chi connectivity index (χ2n) is 7.74. The highest BCUT2D eigenvalue weighted by Gasteiger charge is 2.14. The van der Waals surface area contributed by atoms with Crippen LogP contribution in [0.15, 0.2) is 78.3 Å². The Kier molecular flexibility index (Phi) is 5.29. The van der Waals surface area contributed by atoms with Crippen LogP contribution in [0, 0.1) is 13.8 Å². The van der Waals surface area contributed by atoms with Crippen molar-refractivity contribution in [3.05, 3.63) is 101 Å². The Morgan fingerprint density at radius 3 is 2.72 bits per heavy atom. The molecule has 0 bridgehead atoms. The Morgan fingerprint density at radius 1 is 1.00 bits per heavy atom. The number of benzene rings is 2. The molecule has 32 heavy (non-hydrogen) atoms. The highest BCUT2D eigenvalue weighted by Crippen LogP contribution is 2.30. The van der Waals surface area contributed by atoms with E-state index < -0.39 is 0 Å². The average molecular weight is 439 g/mol. The number of nitrogens with zero attached hydrogens (tertiary/aromatic N) is 3. The molecular formula is C26H22N4OS. The number of anilines is 2. The van der Waals surface area contributed by atoms with E-state index in [-0.39, 0.29) is 5.78 Å². The number of thiazole rings is 1. The number of nitrogens with one attached hydrogen (secondary N) is 1. The van der Waals surface area contributed by atoms with E-state index in [1.54, 1.807) is 0 Å². The van der Waals surface area contributed by atoms with Crippen molar-refractivity contribution in [1.29, 1.82) is 0 Å². The number of imidazole rings is 1. The lowest BCUT2D eigenvalue weighted by atomic mass is 9.99. The van der Waals surface area contributed by atoms with Crippen molar-refractivity contribution in [3.63, 3.8) is 0 Å². The van der Waals surface area contributed by atoms with Crippen LogP contribution in [0.4, 0.5) is 10.8 Å². The smallest absolute Gasteiger partial charge is 0.187 e. The Balaban J connectivity index is 1.37. The molecule has 0 aliphatic carbocycles. The molecule has 0 aliphatic rings. The Morgan fingerprint density at radius 2 is 1.84 bits per heavy atom. The van der Waals surface area contributed by atoms with Crippen molar-refractivity contribution in [1.82, 2.24) is 14.4 Å². The topological polar surface area (TPSA) is 59.3 Å². The number of carbonyl (C=O) groups excluding carboxylic acids is 1. The highest BCUT2D eigenvalue weighted by atomic mass is 32.1. The van der Waals surface area contributed by atoms with E-state index in [4.69, 9.17) is 4.98 Å². The van der Waals surface area contributed by atoms with Crippen molar-refractivity contribution in [2.75, 3.05) is 5.32 Å². The van der Waals surface area contributed by atoms with Crippen molar-refractivity contribution in [2.24, 2.45) is 0 Å². The van der Waals surface area contributed by atoms with E-state index in [0.29, 0.717) is 12.0 Å². The van der Waals surface area contributed by atoms with Gasteiger partial charge >= 0.3 is 0 Å². The number of fused-ring (bicyclic) bond motifs is 1. The normalized spacial score (nSPS) is 11.1. The molecule has 0 unspecified atom stereocenters. The summed E-state index contributed by atoms with van der Waals surface area (Å²) in [7, 11) is 0. The molecular weight excluding hydrogens is 416 g/mol. The molecule has 5 nitrogen and oxygen atoms in total. The third-order valence-electron chi connectivity index (χ3n) is 5.50. The predicted molar refractivity (Wildman–Crippen MR) is 130 cm³/mol. The highest BCUT2D eigenvalue weighted by molar-refractivity contribution is 7.14. The zero-order valence-corrected chi connectivity index (χ0v) is 18.7. The average Bonchev–Trinajstić information content (AvgIpc) is 3.38. The van der Waals surface area contributed by atoms with Crippen LogP contribution in [0.5, 0.6) is 0 Å². The maximum Gasteiger partial charge on any atom is 0.187 e. The maximum absolute atomic E-state index is 12.8. The Bertz CT molecular complexity index is 1430. The molecule has 3 aromatic heterocycles. The predicted octanol–water partition coefficient (Wildman–Crippen LogP) is 6.24. The minimum Gasteiger partial charge on any atom is -0.332 e. The van der Waals surface area contributed by atoms with Gasteiger partial charge < -0.3 is 5.32 Å². The summed E-state index contributed by atoms with van der Waals surface area (Å²) in [6.45, 7) is 4.03. The van der Waals surface area contributed by atoms with Gasteiger partial charge in [0, 0.05) is 29.2 Å². The Hall–Kier alpha value is -3.77. The van der Waals surface area contributed by atoms with Crippen molar-refractivity contribution < 1.29 is 4.79 Å². The monoisotopic (exact) mass is 438 g/mol. The SMILES string of the molecule is Cc1ccccc1CC(=O)c1cccc(Nc2nc(-c3c(C)nc4ccccn34)cs2)c1. The number of aromatic nitrogens is 3. The van der Waals surface area contributed by atoms with Crippen molar-refractivity contribution in [2.45, 2.75) is 20.3 Å². The van der Waals surface area contributed by atoms with E-state index >= 15 is 0 Å². The lowest BCUT2D eigenvalue weighted by Gasteiger charge is -2.07. The summed E-state index contributed by atoms with van der Waals surface area (Å²) in [6.07, 6.45) is 2.39. The fraction of sp³-hybridized carbons (Fsp3) is 0.115. The third kappa shape index (κ3) is 3.92. The van der Waals surface area contributed by atoms with Crippen LogP contribution in [-0.2, 0) is 6.42 Å². The second-order valence-corrected chi connectivity index (χ2v) is 8.60. The molecule has 0 aliphatic heterocycles. The summed E-state index contributed by atoms with van der Waals surface area (Å²) >= 11 is 1.53. The Labute approximate surface area is 190 Å². The first kappa shape index (κ1) is 20.2. The number of carbonyl (C=O) groups is 1. The molecule has 2 aromatic carbocycles. The largest absolute Gasteiger partial charge is 0.332 e. The number of hydrogen-bond donors (Lipinski definition) is 1. The van der Waals surface area contributed by atoms with Gasteiger partial charge in [-0.1, -0.05) is 42.5 Å². The molecule has 0 spiro atoms. The van der Waals surface area contributed by atoms with Crippen molar-refractivity contribution in [3.8, 4) is 11.4 Å². The molecule has 158 valence electrons. The summed E-state index contributed by atoms with van der Waals surface area (Å²) < 4.78 is 2.05. The standard InChI is InChI=1S/C26H22N4OS/c1-17-8-3-4-9-19(17)15-23(31)20-10-7-11-21(14-20)28-26-29-22(16-32-26)25-18(2)27-24-12-5-6-13-30(24)25/h3-14,16H,15H2,1-2H3,(H,28,29). The molecule has 3 heterocycles. The van der Waals surface area contributed by atoms with Crippen molar-refractivity contribution >= 4 is 33.6 Å². The van der Waals surface area contributed by atoms with Gasteiger partial charge in [0.2, 0.25) is 0 Å². The lowest BCUT2D eigenvalue weighted by molar-refractivity contribution is 0.0993. The van der Waals surface area contributed by atoms with E-state index in [1.807, 2.05) is 92.2 Å². The molecule has 0 atom stereocenters. The van der Waals surface area contributed by atoms with E-state index in [2.05, 4.69) is 14.7 Å². The molecule has 1 N–H and O–H groups in total. The first-order chi connectivity index (χ1) is 15.6. The van der Waals surface area contributed by atoms with Gasteiger partial charge in [-0.25, -0.2) is 9.97 Å². The molecule has 0 saturated carbocycles. The minimum atomic E-state index is 0.101. The molecule has 0 amide bonds. The summed E-state index contributed by atoms with van der Waals surface area (Å²) in [6, 6.07) is 21.6. The van der Waals surface area contributed by atoms with E-state index in [1.165, 1.54) is 11.3 Å². The van der Waals surface area contributed by atoms with Crippen LogP contribution >= 0.6 is 11.3 Å². The summed E-state index contributed by atoms with van der Waals surface area (Å²) in [5, 5.41) is 6.15. The van der Waals surface area contributed by atoms with Crippen LogP contribution in [0.25, 0.3) is 17.0 Å². The summed E-state index contributed by atoms with van der Waals surface area (Å²) in [5.41, 5.74) is 7.44. The second kappa shape index (κ2) is 8.40. The minimum absolute atomic E-state index is 0.101. The van der Waals surface area contributed by atoms with Gasteiger partial charge in [0.05, 0.1) is 11.4 Å². The third-order valence-corrected chi connectivity index (χ3v) is 6.26. The number of rotatable bonds is 6. The van der Waals surface area contributed by atoms with Gasteiger partial charge in [-0.15, -0.1) is 11.3 Å². The van der Waals surface area contributed by atoms with Crippen LogP contribution < -0.4 is 5.32 Å².